The molecule has 2 amide bonds. The third-order valence-electron chi connectivity index (χ3n) is 3.03. The van der Waals surface area contributed by atoms with Crippen LogP contribution < -0.4 is 16.0 Å². The summed E-state index contributed by atoms with van der Waals surface area (Å²) < 4.78 is 0. The van der Waals surface area contributed by atoms with Crippen molar-refractivity contribution in [2.75, 3.05) is 6.54 Å². The van der Waals surface area contributed by atoms with Gasteiger partial charge in [-0.1, -0.05) is 6.58 Å². The normalized spacial score (nSPS) is 21.8. The lowest BCUT2D eigenvalue weighted by Crippen LogP contribution is -2.62. The van der Waals surface area contributed by atoms with Gasteiger partial charge >= 0.3 is 6.03 Å². The molecule has 1 fully saturated rings. The van der Waals surface area contributed by atoms with Crippen LogP contribution in [0.3, 0.4) is 0 Å². The molecule has 0 unspecified atom stereocenters. The molecule has 1 rings (SSSR count). The van der Waals surface area contributed by atoms with Crippen LogP contribution in [0.5, 0.6) is 0 Å². The third-order valence-corrected chi connectivity index (χ3v) is 3.03. The first-order chi connectivity index (χ1) is 8.24. The van der Waals surface area contributed by atoms with Gasteiger partial charge in [0, 0.05) is 23.7 Å². The summed E-state index contributed by atoms with van der Waals surface area (Å²) in [4.78, 5) is 11.7. The Bertz CT molecular complexity index is 338. The van der Waals surface area contributed by atoms with Gasteiger partial charge in [-0.05, 0) is 46.6 Å². The summed E-state index contributed by atoms with van der Waals surface area (Å²) in [5.74, 6) is 0. The van der Waals surface area contributed by atoms with E-state index in [4.69, 9.17) is 0 Å². The molecule has 0 saturated carbocycles. The Hall–Kier alpha value is -1.25. The van der Waals surface area contributed by atoms with E-state index in [1.807, 2.05) is 0 Å². The molecule has 1 saturated heterocycles. The van der Waals surface area contributed by atoms with Crippen LogP contribution in [0.25, 0.3) is 0 Å². The quantitative estimate of drug-likeness (QED) is 0.671. The number of carbonyl (C=O) groups is 1. The third kappa shape index (κ3) is 4.94. The van der Waals surface area contributed by atoms with E-state index in [0.29, 0.717) is 6.54 Å². The number of rotatable bonds is 3. The summed E-state index contributed by atoms with van der Waals surface area (Å²) in [6.07, 6.45) is 3.55. The maximum atomic E-state index is 11.7. The van der Waals surface area contributed by atoms with E-state index >= 15 is 0 Å². The van der Waals surface area contributed by atoms with Gasteiger partial charge in [0.05, 0.1) is 0 Å². The number of amides is 2. The van der Waals surface area contributed by atoms with Crippen molar-refractivity contribution in [1.82, 2.24) is 16.0 Å². The lowest BCUT2D eigenvalue weighted by molar-refractivity contribution is 0.148. The second-order valence-corrected chi connectivity index (χ2v) is 6.26. The first-order valence-electron chi connectivity index (χ1n) is 6.42. The molecule has 4 heteroatoms. The molecule has 102 valence electrons. The predicted octanol–water partition coefficient (Wildman–Crippen LogP) is 1.94. The van der Waals surface area contributed by atoms with Crippen LogP contribution in [0.2, 0.25) is 0 Å². The first-order valence-corrected chi connectivity index (χ1v) is 6.42. The molecule has 18 heavy (non-hydrogen) atoms. The zero-order valence-corrected chi connectivity index (χ0v) is 11.9. The van der Waals surface area contributed by atoms with Crippen molar-refractivity contribution in [3.8, 4) is 0 Å². The Labute approximate surface area is 110 Å². The molecule has 0 aromatic rings. The van der Waals surface area contributed by atoms with E-state index in [-0.39, 0.29) is 23.2 Å². The molecule has 1 heterocycles. The molecule has 0 atom stereocenters. The summed E-state index contributed by atoms with van der Waals surface area (Å²) in [6.45, 7) is 12.6. The molecule has 0 aromatic carbocycles. The Balaban J connectivity index is 2.51. The minimum Gasteiger partial charge on any atom is -0.335 e. The number of hydrogen-bond donors (Lipinski definition) is 3. The van der Waals surface area contributed by atoms with Crippen molar-refractivity contribution in [3.05, 3.63) is 18.4 Å². The second-order valence-electron chi connectivity index (χ2n) is 6.26. The monoisotopic (exact) mass is 251 g/mol. The number of carbonyl (C=O) groups excluding carboxylic acids is 1. The highest BCUT2D eigenvalue weighted by Crippen LogP contribution is 2.28. The van der Waals surface area contributed by atoms with E-state index in [0.717, 1.165) is 12.8 Å². The zero-order chi connectivity index (χ0) is 13.8. The van der Waals surface area contributed by atoms with Crippen LogP contribution in [-0.2, 0) is 0 Å². The fraction of sp³-hybridized carbons (Fsp3) is 0.714. The number of urea groups is 1. The Morgan fingerprint density at radius 3 is 2.44 bits per heavy atom. The standard InChI is InChI=1S/C14H25N3O/c1-6-7-8-15-12(18)16-11-9-13(2,3)17-14(4,5)10-11/h7,11,17H,1,8-10H2,2-5H3,(H2,15,16,18). The summed E-state index contributed by atoms with van der Waals surface area (Å²) >= 11 is 0. The SMILES string of the molecule is C=C=CCNC(=O)NC1CC(C)(C)NC(C)(C)C1. The van der Waals surface area contributed by atoms with Crippen molar-refractivity contribution < 1.29 is 4.79 Å². The van der Waals surface area contributed by atoms with Gasteiger partial charge in [-0.15, -0.1) is 5.73 Å². The van der Waals surface area contributed by atoms with E-state index in [2.05, 4.69) is 56.0 Å². The van der Waals surface area contributed by atoms with Gasteiger partial charge in [0.25, 0.3) is 0 Å². The van der Waals surface area contributed by atoms with Gasteiger partial charge < -0.3 is 16.0 Å². The van der Waals surface area contributed by atoms with Crippen molar-refractivity contribution in [2.45, 2.75) is 57.7 Å². The van der Waals surface area contributed by atoms with Crippen molar-refractivity contribution in [3.63, 3.8) is 0 Å². The van der Waals surface area contributed by atoms with E-state index in [1.54, 1.807) is 6.08 Å². The number of hydrogen-bond acceptors (Lipinski definition) is 2. The average Bonchev–Trinajstić information content (AvgIpc) is 2.12. The maximum Gasteiger partial charge on any atom is 0.315 e. The van der Waals surface area contributed by atoms with Gasteiger partial charge in [0.1, 0.15) is 0 Å². The van der Waals surface area contributed by atoms with Crippen LogP contribution in [0.15, 0.2) is 18.4 Å². The van der Waals surface area contributed by atoms with Gasteiger partial charge in [0.2, 0.25) is 0 Å². The van der Waals surface area contributed by atoms with Crippen LogP contribution in [0.1, 0.15) is 40.5 Å². The Morgan fingerprint density at radius 2 is 1.94 bits per heavy atom. The molecule has 0 spiro atoms. The largest absolute Gasteiger partial charge is 0.335 e. The number of nitrogens with one attached hydrogen (secondary N) is 3. The summed E-state index contributed by atoms with van der Waals surface area (Å²) in [5.41, 5.74) is 2.71. The molecule has 3 N–H and O–H groups in total. The topological polar surface area (TPSA) is 53.2 Å². The minimum atomic E-state index is -0.125. The minimum absolute atomic E-state index is 0.0424. The highest BCUT2D eigenvalue weighted by atomic mass is 16.2. The van der Waals surface area contributed by atoms with Crippen LogP contribution in [0.4, 0.5) is 4.79 Å². The predicted molar refractivity (Wildman–Crippen MR) is 74.6 cm³/mol. The fourth-order valence-corrected chi connectivity index (χ4v) is 2.88. The first kappa shape index (κ1) is 14.8. The van der Waals surface area contributed by atoms with Crippen LogP contribution >= 0.6 is 0 Å². The van der Waals surface area contributed by atoms with E-state index in [9.17, 15) is 4.79 Å². The summed E-state index contributed by atoms with van der Waals surface area (Å²) in [5, 5.41) is 9.38. The van der Waals surface area contributed by atoms with Gasteiger partial charge in [-0.2, -0.15) is 0 Å². The van der Waals surface area contributed by atoms with Gasteiger partial charge in [-0.25, -0.2) is 4.79 Å². The summed E-state index contributed by atoms with van der Waals surface area (Å²) in [7, 11) is 0. The van der Waals surface area contributed by atoms with Gasteiger partial charge in [0.15, 0.2) is 0 Å². The van der Waals surface area contributed by atoms with Crippen molar-refractivity contribution >= 4 is 6.03 Å². The summed E-state index contributed by atoms with van der Waals surface area (Å²) in [6, 6.07) is 0.0731. The molecule has 4 nitrogen and oxygen atoms in total. The van der Waals surface area contributed by atoms with Crippen molar-refractivity contribution in [1.29, 1.82) is 0 Å². The Morgan fingerprint density at radius 1 is 1.39 bits per heavy atom. The molecule has 0 aromatic heterocycles. The molecule has 1 aliphatic rings. The van der Waals surface area contributed by atoms with Gasteiger partial charge in [-0.3, -0.25) is 0 Å². The number of piperidine rings is 1. The zero-order valence-electron chi connectivity index (χ0n) is 11.9. The second kappa shape index (κ2) is 5.59. The van der Waals surface area contributed by atoms with Crippen LogP contribution in [-0.4, -0.2) is 29.7 Å². The fourth-order valence-electron chi connectivity index (χ4n) is 2.88. The molecule has 0 bridgehead atoms. The lowest BCUT2D eigenvalue weighted by atomic mass is 9.80. The highest BCUT2D eigenvalue weighted by molar-refractivity contribution is 5.74. The molecule has 1 aliphatic heterocycles. The molecule has 0 aliphatic carbocycles. The average molecular weight is 251 g/mol. The smallest absolute Gasteiger partial charge is 0.315 e. The van der Waals surface area contributed by atoms with E-state index < -0.39 is 0 Å². The Kier molecular flexibility index (Phi) is 4.60. The molecule has 0 radical (unpaired) electrons. The molecular formula is C14H25N3O. The highest BCUT2D eigenvalue weighted by Gasteiger charge is 2.38. The lowest BCUT2D eigenvalue weighted by Gasteiger charge is -2.46. The van der Waals surface area contributed by atoms with E-state index in [1.165, 1.54) is 0 Å². The maximum absolute atomic E-state index is 11.7. The van der Waals surface area contributed by atoms with Crippen molar-refractivity contribution in [2.24, 2.45) is 0 Å². The van der Waals surface area contributed by atoms with Crippen LogP contribution in [0, 0.1) is 0 Å². The molecular weight excluding hydrogens is 226 g/mol.